The molecule has 1 atom stereocenters. The molecule has 3 N–H and O–H groups in total. The molecule has 0 aliphatic carbocycles. The molecule has 1 aromatic heterocycles. The Kier molecular flexibility index (Phi) is 6.70. The van der Waals surface area contributed by atoms with Crippen LogP contribution in [0.25, 0.3) is 0 Å². The van der Waals surface area contributed by atoms with Crippen LogP contribution in [0.3, 0.4) is 0 Å². The van der Waals surface area contributed by atoms with Crippen molar-refractivity contribution in [3.05, 3.63) is 14.7 Å². The van der Waals surface area contributed by atoms with Gasteiger partial charge < -0.3 is 10.6 Å². The van der Waals surface area contributed by atoms with Gasteiger partial charge in [0.15, 0.2) is 0 Å². The summed E-state index contributed by atoms with van der Waals surface area (Å²) >= 11 is 12.7. The van der Waals surface area contributed by atoms with Crippen LogP contribution in [0.15, 0.2) is 11.0 Å². The molecule has 1 unspecified atom stereocenters. The van der Waals surface area contributed by atoms with Crippen molar-refractivity contribution < 1.29 is 13.2 Å². The van der Waals surface area contributed by atoms with Crippen LogP contribution in [0.2, 0.25) is 8.67 Å². The number of nitrogens with two attached hydrogens (primary N) is 1. The Labute approximate surface area is 150 Å². The molecule has 1 aromatic rings. The summed E-state index contributed by atoms with van der Waals surface area (Å²) in [6.07, 6.45) is 2.40. The molecule has 0 aromatic carbocycles. The van der Waals surface area contributed by atoms with Crippen LogP contribution in [0, 0.1) is 5.92 Å². The van der Waals surface area contributed by atoms with E-state index in [0.29, 0.717) is 30.4 Å². The molecule has 1 aliphatic rings. The lowest BCUT2D eigenvalue weighted by molar-refractivity contribution is -0.123. The second-order valence-electron chi connectivity index (χ2n) is 5.48. The zero-order valence-corrected chi connectivity index (χ0v) is 15.6. The van der Waals surface area contributed by atoms with Crippen LogP contribution < -0.4 is 10.5 Å². The van der Waals surface area contributed by atoms with E-state index in [-0.39, 0.29) is 21.1 Å². The highest BCUT2D eigenvalue weighted by Crippen LogP contribution is 2.34. The fraction of sp³-hybridized carbons (Fsp3) is 0.615. The minimum atomic E-state index is -3.65. The van der Waals surface area contributed by atoms with Crippen molar-refractivity contribution in [3.8, 4) is 0 Å². The first-order chi connectivity index (χ1) is 10.8. The number of likely N-dealkylation sites (tertiary alicyclic amines) is 1. The highest BCUT2D eigenvalue weighted by Gasteiger charge is 2.24. The fourth-order valence-corrected chi connectivity index (χ4v) is 5.81. The number of piperidine rings is 1. The zero-order valence-electron chi connectivity index (χ0n) is 12.4. The van der Waals surface area contributed by atoms with Gasteiger partial charge in [-0.05, 0) is 38.4 Å². The maximum atomic E-state index is 12.1. The van der Waals surface area contributed by atoms with Gasteiger partial charge in [-0.2, -0.15) is 0 Å². The van der Waals surface area contributed by atoms with Gasteiger partial charge in [-0.15, -0.1) is 11.3 Å². The number of nitrogens with one attached hydrogen (secondary N) is 1. The maximum Gasteiger partial charge on any atom is 0.242 e. The average Bonchev–Trinajstić information content (AvgIpc) is 2.83. The highest BCUT2D eigenvalue weighted by atomic mass is 35.5. The molecule has 6 nitrogen and oxygen atoms in total. The summed E-state index contributed by atoms with van der Waals surface area (Å²) < 4.78 is 27.3. The summed E-state index contributed by atoms with van der Waals surface area (Å²) in [4.78, 5) is 13.4. The summed E-state index contributed by atoms with van der Waals surface area (Å²) in [6, 6.07) is 1.35. The molecule has 0 saturated carbocycles. The predicted octanol–water partition coefficient (Wildman–Crippen LogP) is 1.92. The maximum absolute atomic E-state index is 12.1. The largest absolute Gasteiger partial charge is 0.369 e. The van der Waals surface area contributed by atoms with Crippen molar-refractivity contribution in [2.75, 3.05) is 26.2 Å². The van der Waals surface area contributed by atoms with Crippen molar-refractivity contribution in [1.29, 1.82) is 0 Å². The second kappa shape index (κ2) is 8.13. The molecule has 2 rings (SSSR count). The van der Waals surface area contributed by atoms with Gasteiger partial charge in [0.25, 0.3) is 0 Å². The van der Waals surface area contributed by atoms with E-state index in [1.165, 1.54) is 6.07 Å². The number of sulfonamides is 1. The number of nitrogens with zero attached hydrogens (tertiary/aromatic N) is 1. The minimum absolute atomic E-state index is 0.0148. The topological polar surface area (TPSA) is 92.5 Å². The van der Waals surface area contributed by atoms with E-state index in [1.807, 2.05) is 0 Å². The standard InChI is InChI=1S/C13H19Cl2N3O3S2/c14-11-7-10(12(15)22-11)23(20,21)17-4-2-6-18-5-1-3-9(8-18)13(16)19/h7,9,17H,1-6,8H2,(H2,16,19). The average molecular weight is 400 g/mol. The lowest BCUT2D eigenvalue weighted by Crippen LogP contribution is -2.42. The van der Waals surface area contributed by atoms with Gasteiger partial charge in [0.05, 0.1) is 10.3 Å². The Morgan fingerprint density at radius 2 is 2.22 bits per heavy atom. The van der Waals surface area contributed by atoms with Gasteiger partial charge in [0.1, 0.15) is 9.23 Å². The summed E-state index contributed by atoms with van der Waals surface area (Å²) in [5, 5.41) is 0. The molecule has 23 heavy (non-hydrogen) atoms. The van der Waals surface area contributed by atoms with Crippen molar-refractivity contribution in [1.82, 2.24) is 9.62 Å². The van der Waals surface area contributed by atoms with E-state index in [0.717, 1.165) is 30.7 Å². The number of amides is 1. The summed E-state index contributed by atoms with van der Waals surface area (Å²) in [5.74, 6) is -0.369. The monoisotopic (exact) mass is 399 g/mol. The van der Waals surface area contributed by atoms with Crippen LogP contribution >= 0.6 is 34.5 Å². The molecular formula is C13H19Cl2N3O3S2. The van der Waals surface area contributed by atoms with Gasteiger partial charge in [-0.1, -0.05) is 23.2 Å². The van der Waals surface area contributed by atoms with Crippen molar-refractivity contribution >= 4 is 50.5 Å². The normalized spacial score (nSPS) is 19.8. The Hall–Kier alpha value is -0.380. The number of hydrogen-bond acceptors (Lipinski definition) is 5. The summed E-state index contributed by atoms with van der Waals surface area (Å²) in [6.45, 7) is 2.56. The molecule has 1 aliphatic heterocycles. The zero-order chi connectivity index (χ0) is 17.0. The van der Waals surface area contributed by atoms with Gasteiger partial charge in [-0.25, -0.2) is 13.1 Å². The van der Waals surface area contributed by atoms with Gasteiger partial charge >= 0.3 is 0 Å². The SMILES string of the molecule is NC(=O)C1CCCN(CCCNS(=O)(=O)c2cc(Cl)sc2Cl)C1. The van der Waals surface area contributed by atoms with Crippen LogP contribution in [-0.2, 0) is 14.8 Å². The van der Waals surface area contributed by atoms with Crippen LogP contribution in [0.5, 0.6) is 0 Å². The molecule has 0 bridgehead atoms. The minimum Gasteiger partial charge on any atom is -0.369 e. The van der Waals surface area contributed by atoms with E-state index in [2.05, 4.69) is 9.62 Å². The third kappa shape index (κ3) is 5.30. The Bertz CT molecular complexity index is 663. The smallest absolute Gasteiger partial charge is 0.242 e. The fourth-order valence-electron chi connectivity index (χ4n) is 2.59. The first-order valence-electron chi connectivity index (χ1n) is 7.26. The highest BCUT2D eigenvalue weighted by molar-refractivity contribution is 7.89. The lowest BCUT2D eigenvalue weighted by Gasteiger charge is -2.31. The van der Waals surface area contributed by atoms with E-state index >= 15 is 0 Å². The third-order valence-corrected chi connectivity index (χ3v) is 6.98. The third-order valence-electron chi connectivity index (χ3n) is 3.77. The van der Waals surface area contributed by atoms with Crippen LogP contribution in [0.1, 0.15) is 19.3 Å². The molecule has 0 spiro atoms. The molecule has 1 fully saturated rings. The van der Waals surface area contributed by atoms with E-state index < -0.39 is 10.0 Å². The van der Waals surface area contributed by atoms with E-state index in [9.17, 15) is 13.2 Å². The van der Waals surface area contributed by atoms with Crippen molar-refractivity contribution in [2.24, 2.45) is 11.7 Å². The van der Waals surface area contributed by atoms with E-state index in [1.54, 1.807) is 0 Å². The molecular weight excluding hydrogens is 381 g/mol. The van der Waals surface area contributed by atoms with Gasteiger partial charge in [0, 0.05) is 13.1 Å². The first kappa shape index (κ1) is 19.0. The number of thiophene rings is 1. The quantitative estimate of drug-likeness (QED) is 0.684. The Balaban J connectivity index is 1.79. The van der Waals surface area contributed by atoms with E-state index in [4.69, 9.17) is 28.9 Å². The van der Waals surface area contributed by atoms with Crippen molar-refractivity contribution in [3.63, 3.8) is 0 Å². The Morgan fingerprint density at radius 3 is 2.83 bits per heavy atom. The molecule has 1 amide bonds. The molecule has 0 radical (unpaired) electrons. The van der Waals surface area contributed by atoms with Crippen LogP contribution in [0.4, 0.5) is 0 Å². The number of hydrogen-bond donors (Lipinski definition) is 2. The number of halogens is 2. The summed E-state index contributed by atoms with van der Waals surface area (Å²) in [5.41, 5.74) is 5.34. The lowest BCUT2D eigenvalue weighted by atomic mass is 9.97. The van der Waals surface area contributed by atoms with Crippen molar-refractivity contribution in [2.45, 2.75) is 24.2 Å². The van der Waals surface area contributed by atoms with Gasteiger partial charge in [0.2, 0.25) is 15.9 Å². The number of rotatable bonds is 7. The predicted molar refractivity (Wildman–Crippen MR) is 92.5 cm³/mol. The summed E-state index contributed by atoms with van der Waals surface area (Å²) in [7, 11) is -3.65. The Morgan fingerprint density at radius 1 is 1.48 bits per heavy atom. The second-order valence-corrected chi connectivity index (χ2v) is 9.50. The first-order valence-corrected chi connectivity index (χ1v) is 10.3. The van der Waals surface area contributed by atoms with Gasteiger partial charge in [-0.3, -0.25) is 4.79 Å². The number of carbonyl (C=O) groups excluding carboxylic acids is 1. The molecule has 10 heteroatoms. The number of carbonyl (C=O) groups is 1. The van der Waals surface area contributed by atoms with Crippen LogP contribution in [-0.4, -0.2) is 45.4 Å². The number of primary amides is 1. The molecule has 1 saturated heterocycles. The molecule has 130 valence electrons. The molecule has 2 heterocycles.